The van der Waals surface area contributed by atoms with Gasteiger partial charge in [-0.3, -0.25) is 0 Å². The number of ether oxygens (including phenoxy) is 1. The van der Waals surface area contributed by atoms with Gasteiger partial charge in [-0.15, -0.1) is 0 Å². The summed E-state index contributed by atoms with van der Waals surface area (Å²) >= 11 is 0. The van der Waals surface area contributed by atoms with E-state index < -0.39 is 0 Å². The van der Waals surface area contributed by atoms with Crippen LogP contribution in [0.15, 0.2) is 0 Å². The van der Waals surface area contributed by atoms with Gasteiger partial charge in [0.15, 0.2) is 0 Å². The first kappa shape index (κ1) is 11.4. The average Bonchev–Trinajstić information content (AvgIpc) is 3.01. The van der Waals surface area contributed by atoms with E-state index in [1.165, 1.54) is 32.1 Å². The molecule has 0 aromatic carbocycles. The Hall–Kier alpha value is -0.0800. The molecule has 0 saturated heterocycles. The zero-order valence-electron chi connectivity index (χ0n) is 10.2. The van der Waals surface area contributed by atoms with Crippen LogP contribution in [0.1, 0.15) is 46.0 Å². The van der Waals surface area contributed by atoms with Crippen molar-refractivity contribution in [2.75, 3.05) is 19.8 Å². The lowest BCUT2D eigenvalue weighted by Gasteiger charge is -2.25. The van der Waals surface area contributed by atoms with Gasteiger partial charge in [-0.05, 0) is 25.2 Å². The summed E-state index contributed by atoms with van der Waals surface area (Å²) in [4.78, 5) is 0. The Morgan fingerprint density at radius 1 is 1.20 bits per heavy atom. The van der Waals surface area contributed by atoms with Crippen LogP contribution in [0.25, 0.3) is 0 Å². The Morgan fingerprint density at radius 2 is 1.93 bits per heavy atom. The highest BCUT2D eigenvalue weighted by Crippen LogP contribution is 2.32. The Morgan fingerprint density at radius 3 is 2.53 bits per heavy atom. The van der Waals surface area contributed by atoms with Gasteiger partial charge >= 0.3 is 0 Å². The fraction of sp³-hybridized carbons (Fsp3) is 1.00. The van der Waals surface area contributed by atoms with Crippen molar-refractivity contribution in [3.8, 4) is 0 Å². The predicted octanol–water partition coefficient (Wildman–Crippen LogP) is 2.58. The summed E-state index contributed by atoms with van der Waals surface area (Å²) in [5.74, 6) is 0.998. The number of rotatable bonds is 8. The van der Waals surface area contributed by atoms with Gasteiger partial charge in [-0.2, -0.15) is 0 Å². The maximum absolute atomic E-state index is 5.76. The first-order valence-corrected chi connectivity index (χ1v) is 6.47. The van der Waals surface area contributed by atoms with Crippen molar-refractivity contribution in [3.05, 3.63) is 0 Å². The van der Waals surface area contributed by atoms with E-state index in [2.05, 4.69) is 19.2 Å². The van der Waals surface area contributed by atoms with E-state index in [-0.39, 0.29) is 0 Å². The largest absolute Gasteiger partial charge is 0.381 e. The van der Waals surface area contributed by atoms with Gasteiger partial charge in [-0.1, -0.05) is 26.7 Å². The molecular formula is C13H25NO. The van der Waals surface area contributed by atoms with Crippen LogP contribution in [0.4, 0.5) is 0 Å². The normalized spacial score (nSPS) is 22.0. The van der Waals surface area contributed by atoms with E-state index in [4.69, 9.17) is 4.74 Å². The summed E-state index contributed by atoms with van der Waals surface area (Å²) in [7, 11) is 0. The monoisotopic (exact) mass is 211 g/mol. The SMILES string of the molecule is CC(C)(CNC1CC1)COCCC1CC1. The number of hydrogen-bond donors (Lipinski definition) is 1. The first-order chi connectivity index (χ1) is 7.16. The standard InChI is InChI=1S/C13H25NO/c1-13(2,9-14-12-5-6-12)10-15-8-7-11-3-4-11/h11-12,14H,3-10H2,1-2H3. The molecule has 2 rings (SSSR count). The molecule has 0 bridgehead atoms. The molecule has 2 saturated carbocycles. The van der Waals surface area contributed by atoms with Crippen LogP contribution in [-0.4, -0.2) is 25.8 Å². The summed E-state index contributed by atoms with van der Waals surface area (Å²) in [6.45, 7) is 7.55. The van der Waals surface area contributed by atoms with Crippen LogP contribution >= 0.6 is 0 Å². The lowest BCUT2D eigenvalue weighted by molar-refractivity contribution is 0.0584. The van der Waals surface area contributed by atoms with Crippen LogP contribution in [0.2, 0.25) is 0 Å². The van der Waals surface area contributed by atoms with E-state index in [9.17, 15) is 0 Å². The second-order valence-corrected chi connectivity index (χ2v) is 6.10. The van der Waals surface area contributed by atoms with Crippen molar-refractivity contribution >= 4 is 0 Å². The Kier molecular flexibility index (Phi) is 3.68. The van der Waals surface area contributed by atoms with E-state index in [0.717, 1.165) is 31.7 Å². The number of nitrogens with one attached hydrogen (secondary N) is 1. The van der Waals surface area contributed by atoms with Gasteiger partial charge < -0.3 is 10.1 Å². The van der Waals surface area contributed by atoms with Crippen LogP contribution in [0.5, 0.6) is 0 Å². The molecule has 1 N–H and O–H groups in total. The van der Waals surface area contributed by atoms with Crippen LogP contribution < -0.4 is 5.32 Å². The molecule has 0 spiro atoms. The third-order valence-corrected chi connectivity index (χ3v) is 3.31. The van der Waals surface area contributed by atoms with Gasteiger partial charge in [0.2, 0.25) is 0 Å². The van der Waals surface area contributed by atoms with E-state index in [0.29, 0.717) is 5.41 Å². The lowest BCUT2D eigenvalue weighted by atomic mass is 9.95. The molecule has 2 aliphatic carbocycles. The quantitative estimate of drug-likeness (QED) is 0.623. The average molecular weight is 211 g/mol. The van der Waals surface area contributed by atoms with Crippen LogP contribution in [0.3, 0.4) is 0 Å². The lowest BCUT2D eigenvalue weighted by Crippen LogP contribution is -2.34. The van der Waals surface area contributed by atoms with Crippen molar-refractivity contribution in [3.63, 3.8) is 0 Å². The van der Waals surface area contributed by atoms with Crippen molar-refractivity contribution in [2.24, 2.45) is 11.3 Å². The first-order valence-electron chi connectivity index (χ1n) is 6.47. The van der Waals surface area contributed by atoms with Crippen molar-refractivity contribution in [1.29, 1.82) is 0 Å². The molecule has 0 amide bonds. The predicted molar refractivity (Wildman–Crippen MR) is 63.0 cm³/mol. The summed E-state index contributed by atoms with van der Waals surface area (Å²) in [5, 5.41) is 3.58. The minimum atomic E-state index is 0.298. The smallest absolute Gasteiger partial charge is 0.0529 e. The number of hydrogen-bond acceptors (Lipinski definition) is 2. The van der Waals surface area contributed by atoms with Gasteiger partial charge in [0.1, 0.15) is 0 Å². The Bertz CT molecular complexity index is 195. The third-order valence-electron chi connectivity index (χ3n) is 3.31. The molecule has 0 heterocycles. The molecule has 0 aliphatic heterocycles. The molecule has 15 heavy (non-hydrogen) atoms. The molecule has 0 aromatic heterocycles. The highest BCUT2D eigenvalue weighted by atomic mass is 16.5. The summed E-state index contributed by atoms with van der Waals surface area (Å²) in [5.41, 5.74) is 0.298. The second-order valence-electron chi connectivity index (χ2n) is 6.10. The molecule has 2 nitrogen and oxygen atoms in total. The fourth-order valence-electron chi connectivity index (χ4n) is 1.76. The Balaban J connectivity index is 1.49. The minimum Gasteiger partial charge on any atom is -0.381 e. The zero-order chi connectivity index (χ0) is 10.7. The molecule has 0 radical (unpaired) electrons. The van der Waals surface area contributed by atoms with Crippen molar-refractivity contribution in [1.82, 2.24) is 5.32 Å². The summed E-state index contributed by atoms with van der Waals surface area (Å²) in [6, 6.07) is 0.815. The van der Waals surface area contributed by atoms with Gasteiger partial charge in [-0.25, -0.2) is 0 Å². The zero-order valence-corrected chi connectivity index (χ0v) is 10.2. The van der Waals surface area contributed by atoms with E-state index >= 15 is 0 Å². The molecule has 88 valence electrons. The highest BCUT2D eigenvalue weighted by molar-refractivity contribution is 4.84. The third kappa shape index (κ3) is 4.98. The fourth-order valence-corrected chi connectivity index (χ4v) is 1.76. The second kappa shape index (κ2) is 4.84. The molecular weight excluding hydrogens is 186 g/mol. The van der Waals surface area contributed by atoms with E-state index in [1.54, 1.807) is 0 Å². The molecule has 2 heteroatoms. The van der Waals surface area contributed by atoms with Gasteiger partial charge in [0, 0.05) is 24.6 Å². The highest BCUT2D eigenvalue weighted by Gasteiger charge is 2.26. The molecule has 0 aromatic rings. The molecule has 2 aliphatic rings. The minimum absolute atomic E-state index is 0.298. The Labute approximate surface area is 93.8 Å². The molecule has 0 unspecified atom stereocenters. The topological polar surface area (TPSA) is 21.3 Å². The van der Waals surface area contributed by atoms with Gasteiger partial charge in [0.25, 0.3) is 0 Å². The van der Waals surface area contributed by atoms with Crippen LogP contribution in [0, 0.1) is 11.3 Å². The maximum atomic E-state index is 5.76. The molecule has 2 fully saturated rings. The van der Waals surface area contributed by atoms with Crippen molar-refractivity contribution < 1.29 is 4.74 Å². The maximum Gasteiger partial charge on any atom is 0.0529 e. The summed E-state index contributed by atoms with van der Waals surface area (Å²) in [6.07, 6.45) is 6.91. The van der Waals surface area contributed by atoms with Crippen molar-refractivity contribution in [2.45, 2.75) is 52.0 Å². The van der Waals surface area contributed by atoms with E-state index in [1.807, 2.05) is 0 Å². The van der Waals surface area contributed by atoms with Gasteiger partial charge in [0.05, 0.1) is 6.61 Å². The van der Waals surface area contributed by atoms with Crippen LogP contribution in [-0.2, 0) is 4.74 Å². The molecule has 0 atom stereocenters. The summed E-state index contributed by atoms with van der Waals surface area (Å²) < 4.78 is 5.76.